The molecule has 0 heterocycles. The van der Waals surface area contributed by atoms with Crippen molar-refractivity contribution in [1.29, 1.82) is 0 Å². The predicted molar refractivity (Wildman–Crippen MR) is 64.1 cm³/mol. The molecule has 0 aromatic heterocycles. The fourth-order valence-corrected chi connectivity index (χ4v) is 3.55. The summed E-state index contributed by atoms with van der Waals surface area (Å²) in [5, 5.41) is -0.957. The summed E-state index contributed by atoms with van der Waals surface area (Å²) in [5.41, 5.74) is 0. The van der Waals surface area contributed by atoms with E-state index in [-0.39, 0.29) is 45.6 Å². The summed E-state index contributed by atoms with van der Waals surface area (Å²) < 4.78 is 61.0. The van der Waals surface area contributed by atoms with Crippen LogP contribution < -0.4 is 0 Å². The fourth-order valence-electron chi connectivity index (χ4n) is 0.958. The Labute approximate surface area is 140 Å². The van der Waals surface area contributed by atoms with Crippen molar-refractivity contribution in [2.24, 2.45) is 0 Å². The van der Waals surface area contributed by atoms with Crippen LogP contribution in [0, 0.1) is 0 Å². The molecule has 0 bridgehead atoms. The van der Waals surface area contributed by atoms with Gasteiger partial charge in [0.15, 0.2) is 0 Å². The minimum absolute atomic E-state index is 0. The molecule has 11 heteroatoms. The largest absolute Gasteiger partial charge is 2.00 e. The van der Waals surface area contributed by atoms with Gasteiger partial charge >= 0.3 is 37.7 Å². The molecule has 0 atom stereocenters. The molecule has 0 aliphatic carbocycles. The van der Waals surface area contributed by atoms with Crippen molar-refractivity contribution in [2.75, 3.05) is 0 Å². The SMILES string of the molecule is O=S(=O)(O)c1ccc(Cl)c(Cl)c1S(=O)(=O)O.[Ca+2].[H-].[H-]. The van der Waals surface area contributed by atoms with Crippen molar-refractivity contribution >= 4 is 81.2 Å². The number of hydrogen-bond acceptors (Lipinski definition) is 4. The second-order valence-electron chi connectivity index (χ2n) is 2.64. The van der Waals surface area contributed by atoms with E-state index in [4.69, 9.17) is 32.3 Å². The van der Waals surface area contributed by atoms with Gasteiger partial charge in [-0.3, -0.25) is 9.11 Å². The van der Waals surface area contributed by atoms with Gasteiger partial charge in [0.2, 0.25) is 0 Å². The van der Waals surface area contributed by atoms with E-state index < -0.39 is 35.0 Å². The molecular weight excluding hydrogens is 343 g/mol. The van der Waals surface area contributed by atoms with Gasteiger partial charge in [0, 0.05) is 0 Å². The van der Waals surface area contributed by atoms with Gasteiger partial charge in [-0.15, -0.1) is 0 Å². The molecule has 0 spiro atoms. The maximum Gasteiger partial charge on any atom is 2.00 e. The topological polar surface area (TPSA) is 109 Å². The van der Waals surface area contributed by atoms with Crippen molar-refractivity contribution in [3.05, 3.63) is 22.2 Å². The third-order valence-corrected chi connectivity index (χ3v) is 4.43. The van der Waals surface area contributed by atoms with Gasteiger partial charge in [0.1, 0.15) is 9.79 Å². The Kier molecular flexibility index (Phi) is 6.20. The van der Waals surface area contributed by atoms with Crippen molar-refractivity contribution in [3.63, 3.8) is 0 Å². The molecule has 6 nitrogen and oxygen atoms in total. The maximum atomic E-state index is 10.9. The standard InChI is InChI=1S/C6H4Cl2O6S2.Ca.2H/c7-3-1-2-4(15(9,10)11)6(5(3)8)16(12,13)14;;;/h1-2H,(H,9,10,11)(H,12,13,14);;;/q;+2;2*-1. The second kappa shape index (κ2) is 5.89. The fraction of sp³-hybridized carbons (Fsp3) is 0. The van der Waals surface area contributed by atoms with Crippen molar-refractivity contribution in [3.8, 4) is 0 Å². The van der Waals surface area contributed by atoms with E-state index >= 15 is 0 Å². The minimum Gasteiger partial charge on any atom is -1.00 e. The molecular formula is C6H6CaCl2O6S2. The van der Waals surface area contributed by atoms with Crippen LogP contribution in [0.3, 0.4) is 0 Å². The molecule has 0 fully saturated rings. The maximum absolute atomic E-state index is 10.9. The van der Waals surface area contributed by atoms with Crippen LogP contribution in [0.2, 0.25) is 10.0 Å². The quantitative estimate of drug-likeness (QED) is 0.616. The van der Waals surface area contributed by atoms with Crippen molar-refractivity contribution < 1.29 is 28.8 Å². The summed E-state index contributed by atoms with van der Waals surface area (Å²) in [7, 11) is -9.76. The number of benzene rings is 1. The summed E-state index contributed by atoms with van der Waals surface area (Å²) in [4.78, 5) is -2.19. The summed E-state index contributed by atoms with van der Waals surface area (Å²) in [6, 6.07) is 1.69. The summed E-state index contributed by atoms with van der Waals surface area (Å²) in [6.45, 7) is 0. The Morgan fingerprint density at radius 2 is 1.47 bits per heavy atom. The van der Waals surface area contributed by atoms with Crippen LogP contribution in [-0.2, 0) is 20.2 Å². The molecule has 94 valence electrons. The Bertz CT molecular complexity index is 648. The van der Waals surface area contributed by atoms with Crippen molar-refractivity contribution in [2.45, 2.75) is 9.79 Å². The van der Waals surface area contributed by atoms with E-state index in [9.17, 15) is 16.8 Å². The van der Waals surface area contributed by atoms with Crippen LogP contribution in [0.4, 0.5) is 0 Å². The zero-order valence-electron chi connectivity index (χ0n) is 9.96. The Morgan fingerprint density at radius 1 is 1.00 bits per heavy atom. The first-order valence-electron chi connectivity index (χ1n) is 3.48. The number of halogens is 2. The second-order valence-corrected chi connectivity index (χ2v) is 6.17. The molecule has 0 unspecified atom stereocenters. The Hall–Kier alpha value is 0.880. The van der Waals surface area contributed by atoms with E-state index in [2.05, 4.69) is 0 Å². The van der Waals surface area contributed by atoms with Gasteiger partial charge in [-0.2, -0.15) is 16.8 Å². The third kappa shape index (κ3) is 4.19. The predicted octanol–water partition coefficient (Wildman–Crippen LogP) is 1.33. The van der Waals surface area contributed by atoms with Crippen molar-refractivity contribution in [1.82, 2.24) is 0 Å². The van der Waals surface area contributed by atoms with Crippen LogP contribution >= 0.6 is 23.2 Å². The normalized spacial score (nSPS) is 12.0. The molecule has 1 rings (SSSR count). The van der Waals surface area contributed by atoms with Gasteiger partial charge in [-0.05, 0) is 12.1 Å². The average Bonchev–Trinajstić information content (AvgIpc) is 2.05. The summed E-state index contributed by atoms with van der Waals surface area (Å²) in [5.74, 6) is 0. The van der Waals surface area contributed by atoms with Crippen LogP contribution in [-0.4, -0.2) is 63.7 Å². The summed E-state index contributed by atoms with van der Waals surface area (Å²) in [6.07, 6.45) is 0. The van der Waals surface area contributed by atoms with Gasteiger partial charge in [0.05, 0.1) is 10.0 Å². The van der Waals surface area contributed by atoms with Gasteiger partial charge in [-0.25, -0.2) is 0 Å². The first kappa shape index (κ1) is 17.9. The monoisotopic (exact) mass is 348 g/mol. The molecule has 0 saturated carbocycles. The van der Waals surface area contributed by atoms with E-state index in [1.165, 1.54) is 0 Å². The van der Waals surface area contributed by atoms with E-state index in [0.29, 0.717) is 6.07 Å². The molecule has 17 heavy (non-hydrogen) atoms. The number of hydrogen-bond donors (Lipinski definition) is 2. The first-order chi connectivity index (χ1) is 7.05. The minimum atomic E-state index is -4.93. The van der Waals surface area contributed by atoms with Gasteiger partial charge < -0.3 is 2.85 Å². The van der Waals surface area contributed by atoms with E-state index in [1.807, 2.05) is 0 Å². The third-order valence-electron chi connectivity index (χ3n) is 1.55. The molecule has 0 radical (unpaired) electrons. The Morgan fingerprint density at radius 3 is 1.82 bits per heavy atom. The zero-order valence-corrected chi connectivity index (χ0v) is 13.3. The van der Waals surface area contributed by atoms with Crippen LogP contribution in [0.1, 0.15) is 2.85 Å². The smallest absolute Gasteiger partial charge is 1.00 e. The van der Waals surface area contributed by atoms with Crippen LogP contribution in [0.15, 0.2) is 21.9 Å². The molecule has 0 saturated heterocycles. The first-order valence-corrected chi connectivity index (χ1v) is 7.11. The van der Waals surface area contributed by atoms with Gasteiger partial charge in [0.25, 0.3) is 20.2 Å². The number of rotatable bonds is 2. The Balaban J connectivity index is -0.000000853. The summed E-state index contributed by atoms with van der Waals surface area (Å²) >= 11 is 10.9. The van der Waals surface area contributed by atoms with E-state index in [0.717, 1.165) is 6.07 Å². The molecule has 0 aliphatic heterocycles. The molecule has 0 aliphatic rings. The van der Waals surface area contributed by atoms with E-state index in [1.54, 1.807) is 0 Å². The molecule has 2 N–H and O–H groups in total. The molecule has 1 aromatic carbocycles. The van der Waals surface area contributed by atoms with Crippen LogP contribution in [0.5, 0.6) is 0 Å². The molecule has 1 aromatic rings. The zero-order chi connectivity index (χ0) is 12.7. The van der Waals surface area contributed by atoms with Gasteiger partial charge in [-0.1, -0.05) is 23.2 Å². The molecule has 0 amide bonds. The van der Waals surface area contributed by atoms with Crippen LogP contribution in [0.25, 0.3) is 0 Å². The average molecular weight is 349 g/mol.